The quantitative estimate of drug-likeness (QED) is 0.852. The average Bonchev–Trinajstić information content (AvgIpc) is 2.46. The van der Waals surface area contributed by atoms with Crippen LogP contribution in [-0.4, -0.2) is 25.1 Å². The molecule has 0 heterocycles. The summed E-state index contributed by atoms with van der Waals surface area (Å²) in [4.78, 5) is 23.0. The molecule has 2 aromatic rings. The van der Waals surface area contributed by atoms with Crippen LogP contribution < -0.4 is 10.5 Å². The van der Waals surface area contributed by atoms with Crippen molar-refractivity contribution in [1.82, 2.24) is 0 Å². The summed E-state index contributed by atoms with van der Waals surface area (Å²) in [6, 6.07) is 13.8. The smallest absolute Gasteiger partial charge is 0.335 e. The van der Waals surface area contributed by atoms with Crippen LogP contribution in [-0.2, 0) is 0 Å². The second-order valence-corrected chi connectivity index (χ2v) is 11.2. The molecule has 0 aliphatic rings. The van der Waals surface area contributed by atoms with Gasteiger partial charge in [-0.1, -0.05) is 37.0 Å². The van der Waals surface area contributed by atoms with Crippen LogP contribution in [0.4, 0.5) is 5.69 Å². The Bertz CT molecular complexity index is 703. The molecule has 5 heteroatoms. The molecule has 0 saturated heterocycles. The normalized spacial score (nSPS) is 11.0. The van der Waals surface area contributed by atoms with Gasteiger partial charge in [-0.05, 0) is 36.4 Å². The second kappa shape index (κ2) is 6.15. The first kappa shape index (κ1) is 16.0. The predicted octanol–water partition coefficient (Wildman–Crippen LogP) is 3.18. The highest BCUT2D eigenvalue weighted by Gasteiger charge is 2.17. The number of anilines is 1. The van der Waals surface area contributed by atoms with Crippen LogP contribution in [0.2, 0.25) is 19.6 Å². The Labute approximate surface area is 130 Å². The topological polar surface area (TPSA) is 66.4 Å². The molecule has 0 spiro atoms. The fourth-order valence-corrected chi connectivity index (χ4v) is 3.22. The molecule has 4 nitrogen and oxygen atoms in total. The van der Waals surface area contributed by atoms with Gasteiger partial charge in [-0.2, -0.15) is 0 Å². The number of nitrogens with one attached hydrogen (secondary N) is 1. The highest BCUT2D eigenvalue weighted by Crippen LogP contribution is 2.12. The van der Waals surface area contributed by atoms with Gasteiger partial charge in [0, 0.05) is 11.3 Å². The maximum Gasteiger partial charge on any atom is 0.335 e. The Morgan fingerprint density at radius 3 is 2.09 bits per heavy atom. The zero-order valence-corrected chi connectivity index (χ0v) is 13.9. The van der Waals surface area contributed by atoms with Crippen molar-refractivity contribution >= 4 is 30.8 Å². The summed E-state index contributed by atoms with van der Waals surface area (Å²) < 4.78 is 0. The van der Waals surface area contributed by atoms with Gasteiger partial charge >= 0.3 is 5.97 Å². The molecule has 0 aliphatic carbocycles. The number of hydrogen-bond acceptors (Lipinski definition) is 2. The fraction of sp³-hybridized carbons (Fsp3) is 0.176. The van der Waals surface area contributed by atoms with Crippen LogP contribution in [0.3, 0.4) is 0 Å². The first-order valence-electron chi connectivity index (χ1n) is 7.02. The highest BCUT2D eigenvalue weighted by atomic mass is 28.3. The van der Waals surface area contributed by atoms with Crippen molar-refractivity contribution in [3.8, 4) is 0 Å². The molecule has 0 aromatic heterocycles. The van der Waals surface area contributed by atoms with Crippen molar-refractivity contribution in [2.45, 2.75) is 19.6 Å². The van der Waals surface area contributed by atoms with Gasteiger partial charge in [-0.25, -0.2) is 4.79 Å². The van der Waals surface area contributed by atoms with Gasteiger partial charge < -0.3 is 10.4 Å². The van der Waals surface area contributed by atoms with Crippen molar-refractivity contribution in [3.05, 3.63) is 59.7 Å². The lowest BCUT2D eigenvalue weighted by molar-refractivity contribution is 0.0696. The number of carboxylic acids is 1. The van der Waals surface area contributed by atoms with Crippen molar-refractivity contribution in [2.75, 3.05) is 5.32 Å². The third-order valence-corrected chi connectivity index (χ3v) is 5.42. The first-order valence-corrected chi connectivity index (χ1v) is 10.5. The number of aromatic carboxylic acids is 1. The number of carbonyl (C=O) groups is 2. The molecular weight excluding hydrogens is 294 g/mol. The lowest BCUT2D eigenvalue weighted by Gasteiger charge is -2.17. The van der Waals surface area contributed by atoms with Crippen LogP contribution in [0.25, 0.3) is 0 Å². The van der Waals surface area contributed by atoms with Gasteiger partial charge in [-0.3, -0.25) is 4.79 Å². The van der Waals surface area contributed by atoms with Crippen LogP contribution >= 0.6 is 0 Å². The number of rotatable bonds is 4. The summed E-state index contributed by atoms with van der Waals surface area (Å²) in [5.74, 6) is -1.25. The largest absolute Gasteiger partial charge is 0.478 e. The van der Waals surface area contributed by atoms with E-state index in [0.717, 1.165) is 5.69 Å². The molecule has 2 aromatic carbocycles. The molecule has 22 heavy (non-hydrogen) atoms. The van der Waals surface area contributed by atoms with Gasteiger partial charge in [0.1, 0.15) is 0 Å². The highest BCUT2D eigenvalue weighted by molar-refractivity contribution is 6.88. The number of carboxylic acid groups (broad SMARTS) is 1. The van der Waals surface area contributed by atoms with Gasteiger partial charge in [0.05, 0.1) is 13.6 Å². The minimum Gasteiger partial charge on any atom is -0.478 e. The number of benzene rings is 2. The third kappa shape index (κ3) is 3.83. The molecule has 2 rings (SSSR count). The zero-order valence-electron chi connectivity index (χ0n) is 12.9. The molecule has 2 N–H and O–H groups in total. The van der Waals surface area contributed by atoms with Crippen molar-refractivity contribution < 1.29 is 14.7 Å². The molecular formula is C17H19NO3Si. The minimum absolute atomic E-state index is 0.164. The van der Waals surface area contributed by atoms with Crippen LogP contribution in [0.5, 0.6) is 0 Å². The van der Waals surface area contributed by atoms with E-state index < -0.39 is 14.0 Å². The van der Waals surface area contributed by atoms with Gasteiger partial charge in [0.25, 0.3) is 5.91 Å². The van der Waals surface area contributed by atoms with E-state index in [-0.39, 0.29) is 11.5 Å². The maximum atomic E-state index is 12.2. The van der Waals surface area contributed by atoms with Gasteiger partial charge in [-0.15, -0.1) is 0 Å². The molecule has 0 aliphatic heterocycles. The molecule has 0 atom stereocenters. The van der Waals surface area contributed by atoms with Crippen molar-refractivity contribution in [2.24, 2.45) is 0 Å². The Balaban J connectivity index is 2.17. The summed E-state index contributed by atoms with van der Waals surface area (Å²) in [6.07, 6.45) is 0. The van der Waals surface area contributed by atoms with Crippen molar-refractivity contribution in [3.63, 3.8) is 0 Å². The minimum atomic E-state index is -1.43. The van der Waals surface area contributed by atoms with E-state index in [9.17, 15) is 9.59 Å². The standard InChI is InChI=1S/C17H19NO3Si/c1-22(2,3)15-6-4-5-14(11-15)18-16(19)12-7-9-13(10-8-12)17(20)21/h4-11H,1-3H3,(H,18,19)(H,20,21). The van der Waals surface area contributed by atoms with E-state index in [1.165, 1.54) is 29.5 Å². The van der Waals surface area contributed by atoms with E-state index in [1.54, 1.807) is 0 Å². The Morgan fingerprint density at radius 1 is 0.955 bits per heavy atom. The van der Waals surface area contributed by atoms with Crippen LogP contribution in [0.15, 0.2) is 48.5 Å². The fourth-order valence-electron chi connectivity index (χ4n) is 2.03. The predicted molar refractivity (Wildman–Crippen MR) is 90.8 cm³/mol. The molecule has 114 valence electrons. The summed E-state index contributed by atoms with van der Waals surface area (Å²) in [5, 5.41) is 13.0. The maximum absolute atomic E-state index is 12.2. The van der Waals surface area contributed by atoms with Gasteiger partial charge in [0.2, 0.25) is 0 Å². The summed E-state index contributed by atoms with van der Waals surface area (Å²) >= 11 is 0. The molecule has 0 unspecified atom stereocenters. The summed E-state index contributed by atoms with van der Waals surface area (Å²) in [7, 11) is -1.43. The SMILES string of the molecule is C[Si](C)(C)c1cccc(NC(=O)c2ccc(C(=O)O)cc2)c1. The Morgan fingerprint density at radius 2 is 1.55 bits per heavy atom. The Kier molecular flexibility index (Phi) is 4.47. The lowest BCUT2D eigenvalue weighted by atomic mass is 10.1. The number of carbonyl (C=O) groups excluding carboxylic acids is 1. The number of hydrogen-bond donors (Lipinski definition) is 2. The van der Waals surface area contributed by atoms with Crippen LogP contribution in [0, 0.1) is 0 Å². The molecule has 1 amide bonds. The van der Waals surface area contributed by atoms with E-state index >= 15 is 0 Å². The lowest BCUT2D eigenvalue weighted by Crippen LogP contribution is -2.37. The second-order valence-electron chi connectivity index (χ2n) is 6.17. The van der Waals surface area contributed by atoms with Crippen molar-refractivity contribution in [1.29, 1.82) is 0 Å². The van der Waals surface area contributed by atoms with Gasteiger partial charge in [0.15, 0.2) is 0 Å². The van der Waals surface area contributed by atoms with E-state index in [4.69, 9.17) is 5.11 Å². The average molecular weight is 313 g/mol. The van der Waals surface area contributed by atoms with E-state index in [1.807, 2.05) is 18.2 Å². The van der Waals surface area contributed by atoms with E-state index in [2.05, 4.69) is 31.0 Å². The summed E-state index contributed by atoms with van der Waals surface area (Å²) in [6.45, 7) is 6.75. The summed E-state index contributed by atoms with van der Waals surface area (Å²) in [5.41, 5.74) is 1.35. The first-order chi connectivity index (χ1) is 10.3. The zero-order chi connectivity index (χ0) is 16.3. The number of amides is 1. The molecule has 0 radical (unpaired) electrons. The Hall–Kier alpha value is -2.40. The van der Waals surface area contributed by atoms with E-state index in [0.29, 0.717) is 5.56 Å². The molecule has 0 bridgehead atoms. The monoisotopic (exact) mass is 313 g/mol. The van der Waals surface area contributed by atoms with Crippen LogP contribution in [0.1, 0.15) is 20.7 Å². The third-order valence-electron chi connectivity index (χ3n) is 3.38. The molecule has 0 fully saturated rings. The molecule has 0 saturated carbocycles.